The number of pyridine rings is 1. The lowest BCUT2D eigenvalue weighted by atomic mass is 10.1. The highest BCUT2D eigenvalue weighted by atomic mass is 32.1. The number of nitrogens with one attached hydrogen (secondary N) is 2. The molecule has 0 aliphatic rings. The summed E-state index contributed by atoms with van der Waals surface area (Å²) in [5.74, 6) is 0.443. The van der Waals surface area contributed by atoms with Crippen LogP contribution in [-0.2, 0) is 13.1 Å². The highest BCUT2D eigenvalue weighted by molar-refractivity contribution is 7.80. The number of H-pyrrole nitrogens is 1. The summed E-state index contributed by atoms with van der Waals surface area (Å²) in [6, 6.07) is 19.7. The molecular weight excluding hydrogens is 449 g/mol. The van der Waals surface area contributed by atoms with Gasteiger partial charge in [-0.3, -0.25) is 4.79 Å². The van der Waals surface area contributed by atoms with Crippen LogP contribution in [0.3, 0.4) is 0 Å². The first-order chi connectivity index (χ1) is 16.3. The van der Waals surface area contributed by atoms with Gasteiger partial charge in [0, 0.05) is 17.8 Å². The third kappa shape index (κ3) is 5.43. The number of benzene rings is 3. The van der Waals surface area contributed by atoms with E-state index in [-0.39, 0.29) is 11.4 Å². The molecule has 0 spiro atoms. The number of hydrogen-bond donors (Lipinski definition) is 2. The number of halogens is 1. The first-order valence-corrected chi connectivity index (χ1v) is 11.3. The molecular formula is C27H26FN3O2S. The minimum Gasteiger partial charge on any atom is -0.497 e. The molecule has 0 unspecified atom stereocenters. The van der Waals surface area contributed by atoms with E-state index in [1.165, 1.54) is 12.1 Å². The fraction of sp³-hybridized carbons (Fsp3) is 0.185. The Morgan fingerprint density at radius 1 is 1.03 bits per heavy atom. The molecule has 5 nitrogen and oxygen atoms in total. The Kier molecular flexibility index (Phi) is 6.93. The van der Waals surface area contributed by atoms with Crippen molar-refractivity contribution >= 4 is 33.9 Å². The van der Waals surface area contributed by atoms with Gasteiger partial charge in [-0.1, -0.05) is 23.8 Å². The first-order valence-electron chi connectivity index (χ1n) is 10.9. The molecule has 0 radical (unpaired) electrons. The van der Waals surface area contributed by atoms with Crippen LogP contribution in [0, 0.1) is 19.7 Å². The Morgan fingerprint density at radius 3 is 2.41 bits per heavy atom. The molecule has 34 heavy (non-hydrogen) atoms. The van der Waals surface area contributed by atoms with E-state index in [0.717, 1.165) is 33.3 Å². The number of aromatic amines is 1. The van der Waals surface area contributed by atoms with E-state index >= 15 is 0 Å². The van der Waals surface area contributed by atoms with Gasteiger partial charge in [-0.25, -0.2) is 4.39 Å². The Labute approximate surface area is 203 Å². The fourth-order valence-electron chi connectivity index (χ4n) is 3.94. The summed E-state index contributed by atoms with van der Waals surface area (Å²) >= 11 is 5.70. The standard InChI is InChI=1S/C27H26FN3O2S/c1-17-12-18(2)25-20(13-17)14-21(26(32)30-25)16-31(15-19-4-10-24(33-3)11-5-19)27(34)29-23-8-6-22(28)7-9-23/h4-14H,15-16H2,1-3H3,(H,29,34)(H,30,32). The van der Waals surface area contributed by atoms with E-state index in [1.54, 1.807) is 19.2 Å². The second-order valence-corrected chi connectivity index (χ2v) is 8.70. The van der Waals surface area contributed by atoms with Crippen molar-refractivity contribution in [2.45, 2.75) is 26.9 Å². The molecule has 174 valence electrons. The molecule has 4 aromatic rings. The lowest BCUT2D eigenvalue weighted by Gasteiger charge is -2.26. The molecule has 0 aliphatic carbocycles. The van der Waals surface area contributed by atoms with E-state index in [0.29, 0.717) is 29.5 Å². The van der Waals surface area contributed by atoms with E-state index in [2.05, 4.69) is 22.4 Å². The summed E-state index contributed by atoms with van der Waals surface area (Å²) in [5.41, 5.74) is 5.14. The molecule has 4 rings (SSSR count). The SMILES string of the molecule is COc1ccc(CN(Cc2cc3cc(C)cc(C)c3[nH]c2=O)C(=S)Nc2ccc(F)cc2)cc1. The number of thiocarbonyl (C=S) groups is 1. The molecule has 3 aromatic carbocycles. The van der Waals surface area contributed by atoms with Gasteiger partial charge < -0.3 is 19.9 Å². The second-order valence-electron chi connectivity index (χ2n) is 8.31. The lowest BCUT2D eigenvalue weighted by molar-refractivity contribution is 0.406. The normalized spacial score (nSPS) is 10.8. The molecule has 7 heteroatoms. The van der Waals surface area contributed by atoms with E-state index in [1.807, 2.05) is 49.1 Å². The average Bonchev–Trinajstić information content (AvgIpc) is 2.81. The molecule has 1 heterocycles. The number of hydrogen-bond acceptors (Lipinski definition) is 3. The van der Waals surface area contributed by atoms with Crippen molar-refractivity contribution in [3.05, 3.63) is 105 Å². The van der Waals surface area contributed by atoms with Crippen LogP contribution in [0.1, 0.15) is 22.3 Å². The Balaban J connectivity index is 1.66. The number of aryl methyl sites for hydroxylation is 2. The highest BCUT2D eigenvalue weighted by Gasteiger charge is 2.15. The van der Waals surface area contributed by atoms with Gasteiger partial charge in [-0.05, 0) is 91.1 Å². The molecule has 0 amide bonds. The van der Waals surface area contributed by atoms with Gasteiger partial charge in [0.25, 0.3) is 5.56 Å². The van der Waals surface area contributed by atoms with Crippen LogP contribution in [-0.4, -0.2) is 22.1 Å². The number of methoxy groups -OCH3 is 1. The predicted molar refractivity (Wildman–Crippen MR) is 139 cm³/mol. The average molecular weight is 476 g/mol. The zero-order valence-corrected chi connectivity index (χ0v) is 20.1. The summed E-state index contributed by atoms with van der Waals surface area (Å²) in [5, 5.41) is 4.57. The molecule has 0 fully saturated rings. The molecule has 1 aromatic heterocycles. The van der Waals surface area contributed by atoms with E-state index < -0.39 is 0 Å². The number of anilines is 1. The summed E-state index contributed by atoms with van der Waals surface area (Å²) in [4.78, 5) is 17.9. The van der Waals surface area contributed by atoms with Gasteiger partial charge >= 0.3 is 0 Å². The lowest BCUT2D eigenvalue weighted by Crippen LogP contribution is -2.35. The molecule has 0 aliphatic heterocycles. The molecule has 0 saturated heterocycles. The molecule has 0 atom stereocenters. The van der Waals surface area contributed by atoms with Crippen LogP contribution < -0.4 is 15.6 Å². The maximum Gasteiger partial charge on any atom is 0.253 e. The number of aromatic nitrogens is 1. The zero-order chi connectivity index (χ0) is 24.2. The smallest absolute Gasteiger partial charge is 0.253 e. The van der Waals surface area contributed by atoms with Crippen molar-refractivity contribution in [1.82, 2.24) is 9.88 Å². The van der Waals surface area contributed by atoms with E-state index in [4.69, 9.17) is 17.0 Å². The van der Waals surface area contributed by atoms with Crippen molar-refractivity contribution < 1.29 is 9.13 Å². The molecule has 0 saturated carbocycles. The van der Waals surface area contributed by atoms with Crippen molar-refractivity contribution in [2.75, 3.05) is 12.4 Å². The Morgan fingerprint density at radius 2 is 1.74 bits per heavy atom. The van der Waals surface area contributed by atoms with Gasteiger partial charge in [0.15, 0.2) is 5.11 Å². The second kappa shape index (κ2) is 10.1. The van der Waals surface area contributed by atoms with E-state index in [9.17, 15) is 9.18 Å². The van der Waals surface area contributed by atoms with Crippen molar-refractivity contribution in [2.24, 2.45) is 0 Å². The summed E-state index contributed by atoms with van der Waals surface area (Å²) < 4.78 is 18.6. The molecule has 2 N–H and O–H groups in total. The van der Waals surface area contributed by atoms with Gasteiger partial charge in [0.1, 0.15) is 11.6 Å². The third-order valence-corrected chi connectivity index (χ3v) is 6.01. The Bertz CT molecular complexity index is 1380. The van der Waals surface area contributed by atoms with Crippen LogP contribution in [0.2, 0.25) is 0 Å². The Hall–Kier alpha value is -3.71. The van der Waals surface area contributed by atoms with Crippen LogP contribution in [0.4, 0.5) is 10.1 Å². The van der Waals surface area contributed by atoms with Crippen molar-refractivity contribution in [3.8, 4) is 5.75 Å². The maximum atomic E-state index is 13.3. The number of fused-ring (bicyclic) bond motifs is 1. The largest absolute Gasteiger partial charge is 0.497 e. The first kappa shape index (κ1) is 23.4. The number of rotatable bonds is 6. The topological polar surface area (TPSA) is 57.4 Å². The minimum atomic E-state index is -0.320. The number of ether oxygens (including phenoxy) is 1. The predicted octanol–water partition coefficient (Wildman–Crippen LogP) is 5.69. The monoisotopic (exact) mass is 475 g/mol. The highest BCUT2D eigenvalue weighted by Crippen LogP contribution is 2.20. The summed E-state index contributed by atoms with van der Waals surface area (Å²) in [6.45, 7) is 4.80. The number of nitrogens with zero attached hydrogens (tertiary/aromatic N) is 1. The summed E-state index contributed by atoms with van der Waals surface area (Å²) in [7, 11) is 1.62. The quantitative estimate of drug-likeness (QED) is 0.351. The minimum absolute atomic E-state index is 0.149. The van der Waals surface area contributed by atoms with Crippen molar-refractivity contribution in [3.63, 3.8) is 0 Å². The van der Waals surface area contributed by atoms with Crippen LogP contribution in [0.5, 0.6) is 5.75 Å². The fourth-order valence-corrected chi connectivity index (χ4v) is 4.19. The van der Waals surface area contributed by atoms with Gasteiger partial charge in [0.05, 0.1) is 19.2 Å². The van der Waals surface area contributed by atoms with Gasteiger partial charge in [-0.2, -0.15) is 0 Å². The van der Waals surface area contributed by atoms with Gasteiger partial charge in [0.2, 0.25) is 0 Å². The van der Waals surface area contributed by atoms with Crippen LogP contribution in [0.15, 0.2) is 71.5 Å². The third-order valence-electron chi connectivity index (χ3n) is 5.65. The van der Waals surface area contributed by atoms with Gasteiger partial charge in [-0.15, -0.1) is 0 Å². The van der Waals surface area contributed by atoms with Crippen LogP contribution >= 0.6 is 12.2 Å². The molecule has 0 bridgehead atoms. The summed E-state index contributed by atoms with van der Waals surface area (Å²) in [6.07, 6.45) is 0. The van der Waals surface area contributed by atoms with Crippen LogP contribution in [0.25, 0.3) is 10.9 Å². The van der Waals surface area contributed by atoms with Crippen molar-refractivity contribution in [1.29, 1.82) is 0 Å². The zero-order valence-electron chi connectivity index (χ0n) is 19.3. The maximum absolute atomic E-state index is 13.3.